The van der Waals surface area contributed by atoms with Gasteiger partial charge in [0.1, 0.15) is 28.4 Å². The number of aliphatic carboxylic acids is 1. The number of thiazole rings is 1. The van der Waals surface area contributed by atoms with Crippen molar-refractivity contribution in [2.75, 3.05) is 0 Å². The lowest BCUT2D eigenvalue weighted by atomic mass is 10.0. The highest BCUT2D eigenvalue weighted by Crippen LogP contribution is 2.28. The molecular formula is C15H14F2N2O3S. The summed E-state index contributed by atoms with van der Waals surface area (Å²) in [5.41, 5.74) is -0.394. The molecule has 0 fully saturated rings. The lowest BCUT2D eigenvalue weighted by molar-refractivity contribution is -0.140. The third-order valence-electron chi connectivity index (χ3n) is 3.13. The van der Waals surface area contributed by atoms with E-state index >= 15 is 0 Å². The second-order valence-electron chi connectivity index (χ2n) is 5.17. The van der Waals surface area contributed by atoms with Crippen molar-refractivity contribution in [2.24, 2.45) is 5.92 Å². The number of carbonyl (C=O) groups excluding carboxylic acids is 1. The summed E-state index contributed by atoms with van der Waals surface area (Å²) in [5.74, 6) is -3.75. The first-order valence-electron chi connectivity index (χ1n) is 6.74. The smallest absolute Gasteiger partial charge is 0.326 e. The van der Waals surface area contributed by atoms with E-state index in [9.17, 15) is 18.4 Å². The molecule has 8 heteroatoms. The number of halogens is 2. The zero-order valence-electron chi connectivity index (χ0n) is 12.3. The van der Waals surface area contributed by atoms with Crippen molar-refractivity contribution in [1.29, 1.82) is 0 Å². The maximum atomic E-state index is 13.7. The average Bonchev–Trinajstić information content (AvgIpc) is 2.93. The van der Waals surface area contributed by atoms with E-state index in [1.807, 2.05) is 0 Å². The Bertz CT molecular complexity index is 726. The molecule has 1 heterocycles. The van der Waals surface area contributed by atoms with Crippen LogP contribution in [0.2, 0.25) is 0 Å². The van der Waals surface area contributed by atoms with Crippen LogP contribution in [0, 0.1) is 17.6 Å². The number of carboxylic acids is 1. The maximum Gasteiger partial charge on any atom is 0.326 e. The first-order valence-corrected chi connectivity index (χ1v) is 7.62. The van der Waals surface area contributed by atoms with Crippen molar-refractivity contribution in [3.8, 4) is 10.6 Å². The second-order valence-corrected chi connectivity index (χ2v) is 6.03. The Labute approximate surface area is 135 Å². The van der Waals surface area contributed by atoms with Gasteiger partial charge in [-0.05, 0) is 18.1 Å². The summed E-state index contributed by atoms with van der Waals surface area (Å²) in [6.45, 7) is 3.31. The Morgan fingerprint density at radius 1 is 1.26 bits per heavy atom. The number of nitrogens with zero attached hydrogens (tertiary/aromatic N) is 1. The van der Waals surface area contributed by atoms with Crippen LogP contribution in [-0.2, 0) is 4.79 Å². The molecule has 0 radical (unpaired) electrons. The summed E-state index contributed by atoms with van der Waals surface area (Å²) in [6.07, 6.45) is 0. The van der Waals surface area contributed by atoms with Crippen LogP contribution < -0.4 is 5.32 Å². The van der Waals surface area contributed by atoms with Crippen molar-refractivity contribution in [2.45, 2.75) is 19.9 Å². The van der Waals surface area contributed by atoms with Crippen molar-refractivity contribution in [3.05, 3.63) is 40.9 Å². The molecular weight excluding hydrogens is 326 g/mol. The summed E-state index contributed by atoms with van der Waals surface area (Å²) < 4.78 is 27.4. The molecule has 2 rings (SSSR count). The Morgan fingerprint density at radius 2 is 1.87 bits per heavy atom. The third-order valence-corrected chi connectivity index (χ3v) is 3.99. The van der Waals surface area contributed by atoms with Crippen molar-refractivity contribution in [3.63, 3.8) is 0 Å². The molecule has 0 unspecified atom stereocenters. The van der Waals surface area contributed by atoms with Gasteiger partial charge in [0, 0.05) is 5.38 Å². The minimum Gasteiger partial charge on any atom is -0.480 e. The predicted octanol–water partition coefficient (Wildman–Crippen LogP) is 2.93. The molecule has 5 nitrogen and oxygen atoms in total. The zero-order valence-corrected chi connectivity index (χ0v) is 13.2. The van der Waals surface area contributed by atoms with Gasteiger partial charge in [0.2, 0.25) is 0 Å². The average molecular weight is 340 g/mol. The van der Waals surface area contributed by atoms with E-state index in [0.29, 0.717) is 0 Å². The van der Waals surface area contributed by atoms with E-state index in [2.05, 4.69) is 10.3 Å². The number of carboxylic acid groups (broad SMARTS) is 1. The molecule has 2 N–H and O–H groups in total. The molecule has 0 saturated carbocycles. The number of amides is 1. The fourth-order valence-corrected chi connectivity index (χ4v) is 2.77. The molecule has 0 bridgehead atoms. The maximum absolute atomic E-state index is 13.7. The number of benzene rings is 1. The molecule has 0 aliphatic carbocycles. The molecule has 0 aliphatic rings. The molecule has 2 aromatic rings. The topological polar surface area (TPSA) is 79.3 Å². The van der Waals surface area contributed by atoms with E-state index in [0.717, 1.165) is 23.5 Å². The fraction of sp³-hybridized carbons (Fsp3) is 0.267. The van der Waals surface area contributed by atoms with E-state index in [4.69, 9.17) is 5.11 Å². The van der Waals surface area contributed by atoms with Gasteiger partial charge >= 0.3 is 5.97 Å². The number of carbonyl (C=O) groups is 2. The normalized spacial score (nSPS) is 12.2. The highest BCUT2D eigenvalue weighted by Gasteiger charge is 2.25. The van der Waals surface area contributed by atoms with Crippen LogP contribution in [0.5, 0.6) is 0 Å². The molecule has 23 heavy (non-hydrogen) atoms. The zero-order chi connectivity index (χ0) is 17.1. The van der Waals surface area contributed by atoms with Gasteiger partial charge in [-0.3, -0.25) is 4.79 Å². The molecule has 1 atom stereocenters. The third kappa shape index (κ3) is 3.70. The lowest BCUT2D eigenvalue weighted by Gasteiger charge is -2.16. The Hall–Kier alpha value is -2.35. The minimum absolute atomic E-state index is 0.0159. The van der Waals surface area contributed by atoms with E-state index in [1.54, 1.807) is 13.8 Å². The monoisotopic (exact) mass is 340 g/mol. The van der Waals surface area contributed by atoms with Crippen molar-refractivity contribution < 1.29 is 23.5 Å². The molecule has 0 aliphatic heterocycles. The molecule has 0 saturated heterocycles. The first kappa shape index (κ1) is 17.0. The van der Waals surface area contributed by atoms with Gasteiger partial charge in [-0.2, -0.15) is 0 Å². The van der Waals surface area contributed by atoms with Crippen molar-refractivity contribution in [1.82, 2.24) is 10.3 Å². The van der Waals surface area contributed by atoms with Gasteiger partial charge in [-0.25, -0.2) is 18.6 Å². The van der Waals surface area contributed by atoms with Gasteiger partial charge in [0.15, 0.2) is 0 Å². The summed E-state index contributed by atoms with van der Waals surface area (Å²) in [4.78, 5) is 27.1. The summed E-state index contributed by atoms with van der Waals surface area (Å²) in [7, 11) is 0. The molecule has 0 spiro atoms. The second kappa shape index (κ2) is 6.82. The van der Waals surface area contributed by atoms with Gasteiger partial charge < -0.3 is 10.4 Å². The fourth-order valence-electron chi connectivity index (χ4n) is 1.92. The Morgan fingerprint density at radius 3 is 2.39 bits per heavy atom. The minimum atomic E-state index is -1.16. The van der Waals surface area contributed by atoms with Gasteiger partial charge in [0.05, 0.1) is 5.56 Å². The van der Waals surface area contributed by atoms with Gasteiger partial charge in [-0.15, -0.1) is 11.3 Å². The molecule has 1 amide bonds. The number of nitrogens with one attached hydrogen (secondary N) is 1. The first-order chi connectivity index (χ1) is 10.8. The highest BCUT2D eigenvalue weighted by atomic mass is 32.1. The van der Waals surface area contributed by atoms with E-state index in [-0.39, 0.29) is 22.2 Å². The van der Waals surface area contributed by atoms with E-state index in [1.165, 1.54) is 11.4 Å². The number of hydrogen-bond donors (Lipinski definition) is 2. The quantitative estimate of drug-likeness (QED) is 0.877. The Kier molecular flexibility index (Phi) is 5.05. The number of rotatable bonds is 5. The molecule has 122 valence electrons. The van der Waals surface area contributed by atoms with Crippen LogP contribution in [-0.4, -0.2) is 28.0 Å². The molecule has 1 aromatic carbocycles. The molecule has 1 aromatic heterocycles. The largest absolute Gasteiger partial charge is 0.480 e. The van der Waals surface area contributed by atoms with Crippen LogP contribution >= 0.6 is 11.3 Å². The Balaban J connectivity index is 2.25. The number of hydrogen-bond acceptors (Lipinski definition) is 4. The van der Waals surface area contributed by atoms with Gasteiger partial charge in [-0.1, -0.05) is 19.9 Å². The standard InChI is InChI=1S/C15H14F2N2O3S/c1-7(2)12(15(21)22)19-13(20)10-6-23-14(18-10)11-8(16)4-3-5-9(11)17/h3-7,12H,1-2H3,(H,19,20)(H,21,22)/t12-/m0/s1. The van der Waals surface area contributed by atoms with Crippen LogP contribution in [0.25, 0.3) is 10.6 Å². The van der Waals surface area contributed by atoms with Crippen LogP contribution in [0.15, 0.2) is 23.6 Å². The summed E-state index contributed by atoms with van der Waals surface area (Å²) >= 11 is 0.904. The van der Waals surface area contributed by atoms with Crippen LogP contribution in [0.4, 0.5) is 8.78 Å². The van der Waals surface area contributed by atoms with Crippen molar-refractivity contribution >= 4 is 23.2 Å². The summed E-state index contributed by atoms with van der Waals surface area (Å²) in [6, 6.07) is 2.35. The lowest BCUT2D eigenvalue weighted by Crippen LogP contribution is -2.44. The van der Waals surface area contributed by atoms with Crippen LogP contribution in [0.1, 0.15) is 24.3 Å². The highest BCUT2D eigenvalue weighted by molar-refractivity contribution is 7.13. The predicted molar refractivity (Wildman–Crippen MR) is 81.2 cm³/mol. The van der Waals surface area contributed by atoms with Gasteiger partial charge in [0.25, 0.3) is 5.91 Å². The van der Waals surface area contributed by atoms with Crippen LogP contribution in [0.3, 0.4) is 0 Å². The number of aromatic nitrogens is 1. The van der Waals surface area contributed by atoms with E-state index < -0.39 is 29.6 Å². The summed E-state index contributed by atoms with van der Waals surface area (Å²) in [5, 5.41) is 12.8. The SMILES string of the molecule is CC(C)[C@H](NC(=O)c1csc(-c2c(F)cccc2F)n1)C(=O)O.